The van der Waals surface area contributed by atoms with E-state index >= 15 is 0 Å². The summed E-state index contributed by atoms with van der Waals surface area (Å²) in [5, 5.41) is 8.13. The highest BCUT2D eigenvalue weighted by Gasteiger charge is 2.16. The quantitative estimate of drug-likeness (QED) is 0.472. The molecule has 136 valence electrons. The van der Waals surface area contributed by atoms with Gasteiger partial charge in [-0.3, -0.25) is 5.43 Å². The van der Waals surface area contributed by atoms with Crippen molar-refractivity contribution >= 4 is 23.0 Å². The predicted molar refractivity (Wildman–Crippen MR) is 107 cm³/mol. The van der Waals surface area contributed by atoms with Gasteiger partial charge in [-0.25, -0.2) is 0 Å². The van der Waals surface area contributed by atoms with Crippen LogP contribution in [0.5, 0.6) is 0 Å². The molecular formula is C20H29N3OS. The van der Waals surface area contributed by atoms with Crippen molar-refractivity contribution < 1.29 is 4.74 Å². The Hall–Kier alpha value is -1.46. The Morgan fingerprint density at radius 3 is 2.56 bits per heavy atom. The second kappa shape index (κ2) is 9.30. The van der Waals surface area contributed by atoms with Crippen molar-refractivity contribution in [2.45, 2.75) is 63.9 Å². The Morgan fingerprint density at radius 2 is 1.88 bits per heavy atom. The maximum absolute atomic E-state index is 5.57. The van der Waals surface area contributed by atoms with E-state index in [2.05, 4.69) is 40.1 Å². The number of hydrogen-bond donors (Lipinski definition) is 2. The van der Waals surface area contributed by atoms with Crippen LogP contribution in [0.3, 0.4) is 0 Å². The molecule has 0 aromatic heterocycles. The molecule has 0 spiro atoms. The van der Waals surface area contributed by atoms with E-state index in [1.165, 1.54) is 37.7 Å². The first-order chi connectivity index (χ1) is 12.2. The Kier molecular flexibility index (Phi) is 6.82. The molecule has 0 radical (unpaired) electrons. The van der Waals surface area contributed by atoms with Crippen molar-refractivity contribution in [2.24, 2.45) is 5.10 Å². The summed E-state index contributed by atoms with van der Waals surface area (Å²) in [5.41, 5.74) is 6.48. The van der Waals surface area contributed by atoms with E-state index in [-0.39, 0.29) is 6.10 Å². The van der Waals surface area contributed by atoms with Gasteiger partial charge >= 0.3 is 0 Å². The number of thiocarbonyl (C=S) groups is 1. The molecule has 5 heteroatoms. The molecule has 1 aromatic carbocycles. The first-order valence-electron chi connectivity index (χ1n) is 9.52. The third kappa shape index (κ3) is 5.51. The number of hydrogen-bond acceptors (Lipinski definition) is 3. The zero-order chi connectivity index (χ0) is 17.5. The van der Waals surface area contributed by atoms with Gasteiger partial charge in [0, 0.05) is 13.2 Å². The number of benzene rings is 1. The number of hydrazone groups is 1. The SMILES string of the molecule is C/C(=N/NC(=S)NC[C@H]1CCCO1)c1ccc(C2CCCCC2)cc1. The monoisotopic (exact) mass is 359 g/mol. The Balaban J connectivity index is 1.48. The maximum atomic E-state index is 5.57. The van der Waals surface area contributed by atoms with E-state index in [0.717, 1.165) is 43.2 Å². The van der Waals surface area contributed by atoms with Crippen LogP contribution in [0, 0.1) is 0 Å². The molecule has 0 unspecified atom stereocenters. The average Bonchev–Trinajstić information content (AvgIpc) is 3.19. The van der Waals surface area contributed by atoms with Crippen molar-refractivity contribution in [2.75, 3.05) is 13.2 Å². The molecule has 1 aliphatic carbocycles. The van der Waals surface area contributed by atoms with Crippen LogP contribution in [0.4, 0.5) is 0 Å². The minimum absolute atomic E-state index is 0.275. The summed E-state index contributed by atoms with van der Waals surface area (Å²) in [7, 11) is 0. The molecule has 1 heterocycles. The third-order valence-electron chi connectivity index (χ3n) is 5.24. The first kappa shape index (κ1) is 18.3. The summed E-state index contributed by atoms with van der Waals surface area (Å²) in [6.07, 6.45) is 9.31. The number of ether oxygens (including phenoxy) is 1. The van der Waals surface area contributed by atoms with E-state index in [1.54, 1.807) is 0 Å². The molecule has 2 N–H and O–H groups in total. The van der Waals surface area contributed by atoms with Crippen molar-refractivity contribution in [3.05, 3.63) is 35.4 Å². The molecule has 0 amide bonds. The van der Waals surface area contributed by atoms with Crippen molar-refractivity contribution in [3.63, 3.8) is 0 Å². The van der Waals surface area contributed by atoms with E-state index in [4.69, 9.17) is 17.0 Å². The van der Waals surface area contributed by atoms with Gasteiger partial charge in [0.25, 0.3) is 0 Å². The van der Waals surface area contributed by atoms with Gasteiger partial charge in [0.2, 0.25) is 0 Å². The van der Waals surface area contributed by atoms with Gasteiger partial charge in [-0.2, -0.15) is 5.10 Å². The second-order valence-electron chi connectivity index (χ2n) is 7.11. The first-order valence-corrected chi connectivity index (χ1v) is 9.93. The fourth-order valence-electron chi connectivity index (χ4n) is 3.68. The standard InChI is InChI=1S/C20H29N3OS/c1-15(22-23-20(25)21-14-19-8-5-13-24-19)16-9-11-18(12-10-16)17-6-3-2-4-7-17/h9-12,17,19H,2-8,13-14H2,1H3,(H2,21,23,25)/b22-15-/t19-/m1/s1. The molecule has 1 saturated carbocycles. The van der Waals surface area contributed by atoms with E-state index < -0.39 is 0 Å². The van der Waals surface area contributed by atoms with Gasteiger partial charge in [-0.05, 0) is 61.9 Å². The second-order valence-corrected chi connectivity index (χ2v) is 7.52. The minimum atomic E-state index is 0.275. The van der Waals surface area contributed by atoms with Crippen molar-refractivity contribution in [1.29, 1.82) is 0 Å². The molecular weight excluding hydrogens is 330 g/mol. The summed E-state index contributed by atoms with van der Waals surface area (Å²) in [6.45, 7) is 3.61. The lowest BCUT2D eigenvalue weighted by molar-refractivity contribution is 0.114. The van der Waals surface area contributed by atoms with Gasteiger partial charge in [0.1, 0.15) is 0 Å². The smallest absolute Gasteiger partial charge is 0.187 e. The average molecular weight is 360 g/mol. The highest BCUT2D eigenvalue weighted by molar-refractivity contribution is 7.80. The highest BCUT2D eigenvalue weighted by Crippen LogP contribution is 2.32. The summed E-state index contributed by atoms with van der Waals surface area (Å²) in [5.74, 6) is 0.743. The minimum Gasteiger partial charge on any atom is -0.376 e. The Morgan fingerprint density at radius 1 is 1.12 bits per heavy atom. The molecule has 0 bridgehead atoms. The van der Waals surface area contributed by atoms with Crippen LogP contribution in [-0.4, -0.2) is 30.1 Å². The van der Waals surface area contributed by atoms with Crippen LogP contribution >= 0.6 is 12.2 Å². The third-order valence-corrected chi connectivity index (χ3v) is 5.48. The summed E-state index contributed by atoms with van der Waals surface area (Å²) in [4.78, 5) is 0. The van der Waals surface area contributed by atoms with Gasteiger partial charge < -0.3 is 10.1 Å². The lowest BCUT2D eigenvalue weighted by atomic mass is 9.84. The summed E-state index contributed by atoms with van der Waals surface area (Å²) in [6, 6.07) is 8.87. The van der Waals surface area contributed by atoms with Gasteiger partial charge in [0.05, 0.1) is 11.8 Å². The largest absolute Gasteiger partial charge is 0.376 e. The van der Waals surface area contributed by atoms with Crippen LogP contribution in [0.15, 0.2) is 29.4 Å². The van der Waals surface area contributed by atoms with Crippen molar-refractivity contribution in [3.8, 4) is 0 Å². The van der Waals surface area contributed by atoms with Crippen LogP contribution in [0.25, 0.3) is 0 Å². The number of nitrogens with one attached hydrogen (secondary N) is 2. The van der Waals surface area contributed by atoms with E-state index in [1.807, 2.05) is 6.92 Å². The van der Waals surface area contributed by atoms with Crippen LogP contribution in [0.1, 0.15) is 68.9 Å². The molecule has 1 aromatic rings. The van der Waals surface area contributed by atoms with Crippen LogP contribution < -0.4 is 10.7 Å². The predicted octanol–water partition coefficient (Wildman–Crippen LogP) is 4.10. The van der Waals surface area contributed by atoms with E-state index in [9.17, 15) is 0 Å². The fraction of sp³-hybridized carbons (Fsp3) is 0.600. The van der Waals surface area contributed by atoms with Gasteiger partial charge in [0.15, 0.2) is 5.11 Å². The number of nitrogens with zero attached hydrogens (tertiary/aromatic N) is 1. The summed E-state index contributed by atoms with van der Waals surface area (Å²) < 4.78 is 5.57. The van der Waals surface area contributed by atoms with Crippen molar-refractivity contribution in [1.82, 2.24) is 10.7 Å². The Bertz CT molecular complexity index is 587. The molecule has 1 aliphatic heterocycles. The van der Waals surface area contributed by atoms with Crippen LogP contribution in [-0.2, 0) is 4.74 Å². The molecule has 3 rings (SSSR count). The fourth-order valence-corrected chi connectivity index (χ4v) is 3.81. The maximum Gasteiger partial charge on any atom is 0.187 e. The molecule has 1 atom stereocenters. The molecule has 25 heavy (non-hydrogen) atoms. The van der Waals surface area contributed by atoms with Gasteiger partial charge in [-0.15, -0.1) is 0 Å². The molecule has 1 saturated heterocycles. The molecule has 2 fully saturated rings. The zero-order valence-electron chi connectivity index (χ0n) is 15.1. The lowest BCUT2D eigenvalue weighted by Crippen LogP contribution is -2.37. The topological polar surface area (TPSA) is 45.7 Å². The molecule has 4 nitrogen and oxygen atoms in total. The Labute approximate surface area is 156 Å². The normalized spacial score (nSPS) is 22.0. The van der Waals surface area contributed by atoms with Gasteiger partial charge in [-0.1, -0.05) is 43.5 Å². The lowest BCUT2D eigenvalue weighted by Gasteiger charge is -2.22. The van der Waals surface area contributed by atoms with E-state index in [0.29, 0.717) is 5.11 Å². The van der Waals surface area contributed by atoms with Crippen LogP contribution in [0.2, 0.25) is 0 Å². The highest BCUT2D eigenvalue weighted by atomic mass is 32.1. The molecule has 2 aliphatic rings. The number of rotatable bonds is 5. The zero-order valence-corrected chi connectivity index (χ0v) is 15.9. The summed E-state index contributed by atoms with van der Waals surface area (Å²) >= 11 is 5.28.